The Morgan fingerprint density at radius 2 is 2.25 bits per heavy atom. The van der Waals surface area contributed by atoms with Gasteiger partial charge in [-0.25, -0.2) is 5.84 Å². The van der Waals surface area contributed by atoms with Crippen LogP contribution in [0.15, 0.2) is 11.8 Å². The lowest BCUT2D eigenvalue weighted by atomic mass is 10.3. The second-order valence-corrected chi connectivity index (χ2v) is 1.32. The summed E-state index contributed by atoms with van der Waals surface area (Å²) < 4.78 is 0. The second kappa shape index (κ2) is 3.04. The van der Waals surface area contributed by atoms with Crippen LogP contribution in [-0.2, 0) is 4.79 Å². The third kappa shape index (κ3) is 1.61. The molecule has 4 heteroatoms. The van der Waals surface area contributed by atoms with E-state index in [1.54, 1.807) is 6.92 Å². The number of hydrogen-bond donors (Lipinski definition) is 3. The topological polar surface area (TPSA) is 81.1 Å². The fraction of sp³-hybridized carbons (Fsp3) is 0.250. The summed E-state index contributed by atoms with van der Waals surface area (Å²) in [6, 6.07) is 0. The Hall–Kier alpha value is -1.03. The van der Waals surface area contributed by atoms with Gasteiger partial charge in [0.1, 0.15) is 0 Å². The number of carbonyl (C=O) groups excluding carboxylic acids is 1. The molecule has 4 nitrogen and oxygen atoms in total. The number of carbonyl (C=O) groups is 1. The van der Waals surface area contributed by atoms with Crippen molar-refractivity contribution >= 4 is 5.91 Å². The Morgan fingerprint density at radius 1 is 1.75 bits per heavy atom. The molecule has 46 valence electrons. The summed E-state index contributed by atoms with van der Waals surface area (Å²) in [5, 5.41) is 0. The van der Waals surface area contributed by atoms with Crippen molar-refractivity contribution in [1.29, 1.82) is 0 Å². The summed E-state index contributed by atoms with van der Waals surface area (Å²) in [6.07, 6.45) is 1.20. The normalized spacial score (nSPS) is 11.0. The molecule has 0 spiro atoms. The van der Waals surface area contributed by atoms with Gasteiger partial charge in [0.15, 0.2) is 0 Å². The van der Waals surface area contributed by atoms with Crippen molar-refractivity contribution in [3.63, 3.8) is 0 Å². The number of amides is 1. The zero-order valence-corrected chi connectivity index (χ0v) is 4.64. The van der Waals surface area contributed by atoms with Gasteiger partial charge in [0.05, 0.1) is 0 Å². The molecule has 0 bridgehead atoms. The fourth-order valence-electron chi connectivity index (χ4n) is 0.190. The Balaban J connectivity index is 3.83. The molecule has 0 aliphatic rings. The van der Waals surface area contributed by atoms with Gasteiger partial charge < -0.3 is 5.73 Å². The first-order chi connectivity index (χ1) is 3.72. The van der Waals surface area contributed by atoms with Gasteiger partial charge in [-0.15, -0.1) is 0 Å². The van der Waals surface area contributed by atoms with Gasteiger partial charge in [-0.2, -0.15) is 0 Å². The van der Waals surface area contributed by atoms with Crippen molar-refractivity contribution in [2.24, 2.45) is 11.6 Å². The lowest BCUT2D eigenvalue weighted by molar-refractivity contribution is -0.117. The van der Waals surface area contributed by atoms with Crippen molar-refractivity contribution in [2.75, 3.05) is 0 Å². The van der Waals surface area contributed by atoms with Crippen LogP contribution in [0, 0.1) is 0 Å². The molecule has 0 saturated carbocycles. The molecule has 0 aromatic carbocycles. The van der Waals surface area contributed by atoms with Gasteiger partial charge >= 0.3 is 0 Å². The summed E-state index contributed by atoms with van der Waals surface area (Å²) in [4.78, 5) is 10.4. The molecule has 0 radical (unpaired) electrons. The van der Waals surface area contributed by atoms with Gasteiger partial charge in [0, 0.05) is 11.8 Å². The number of hydrazine groups is 1. The highest BCUT2D eigenvalue weighted by Crippen LogP contribution is 1.84. The van der Waals surface area contributed by atoms with Crippen molar-refractivity contribution in [3.8, 4) is 0 Å². The SMILES string of the molecule is C/C(=C\N)C(=O)NN. The van der Waals surface area contributed by atoms with E-state index in [1.807, 2.05) is 5.43 Å². The number of hydrogen-bond acceptors (Lipinski definition) is 3. The smallest absolute Gasteiger partial charge is 0.262 e. The van der Waals surface area contributed by atoms with Gasteiger partial charge in [-0.3, -0.25) is 10.2 Å². The molecule has 5 N–H and O–H groups in total. The minimum absolute atomic E-state index is 0.354. The Labute approximate surface area is 47.5 Å². The summed E-state index contributed by atoms with van der Waals surface area (Å²) in [7, 11) is 0. The minimum Gasteiger partial charge on any atom is -0.404 e. The van der Waals surface area contributed by atoms with Crippen LogP contribution in [0.3, 0.4) is 0 Å². The highest BCUT2D eigenvalue weighted by Gasteiger charge is 1.96. The first-order valence-electron chi connectivity index (χ1n) is 2.11. The Morgan fingerprint density at radius 3 is 2.38 bits per heavy atom. The Kier molecular flexibility index (Phi) is 2.64. The van der Waals surface area contributed by atoms with Crippen molar-refractivity contribution in [3.05, 3.63) is 11.8 Å². The number of nitrogens with two attached hydrogens (primary N) is 2. The molecule has 0 unspecified atom stereocenters. The van der Waals surface area contributed by atoms with Gasteiger partial charge in [-0.05, 0) is 6.92 Å². The fourth-order valence-corrected chi connectivity index (χ4v) is 0.190. The number of nitrogens with one attached hydrogen (secondary N) is 1. The molecular weight excluding hydrogens is 106 g/mol. The lowest BCUT2D eigenvalue weighted by Crippen LogP contribution is -2.30. The zero-order valence-electron chi connectivity index (χ0n) is 4.64. The van der Waals surface area contributed by atoms with E-state index < -0.39 is 0 Å². The van der Waals surface area contributed by atoms with Crippen LogP contribution in [0.25, 0.3) is 0 Å². The molecule has 1 amide bonds. The predicted molar refractivity (Wildman–Crippen MR) is 30.3 cm³/mol. The monoisotopic (exact) mass is 115 g/mol. The van der Waals surface area contributed by atoms with E-state index >= 15 is 0 Å². The first-order valence-corrected chi connectivity index (χ1v) is 2.11. The van der Waals surface area contributed by atoms with Gasteiger partial charge in [0.2, 0.25) is 0 Å². The third-order valence-electron chi connectivity index (χ3n) is 0.739. The van der Waals surface area contributed by atoms with Crippen LogP contribution in [0.5, 0.6) is 0 Å². The maximum atomic E-state index is 10.4. The van der Waals surface area contributed by atoms with E-state index in [2.05, 4.69) is 0 Å². The van der Waals surface area contributed by atoms with Gasteiger partial charge in [0.25, 0.3) is 5.91 Å². The molecule has 0 saturated heterocycles. The van der Waals surface area contributed by atoms with E-state index in [0.717, 1.165) is 0 Å². The molecule has 0 heterocycles. The molecule has 0 aliphatic heterocycles. The van der Waals surface area contributed by atoms with E-state index in [4.69, 9.17) is 11.6 Å². The Bertz CT molecular complexity index is 118. The van der Waals surface area contributed by atoms with Gasteiger partial charge in [-0.1, -0.05) is 0 Å². The van der Waals surface area contributed by atoms with E-state index in [0.29, 0.717) is 5.57 Å². The highest BCUT2D eigenvalue weighted by molar-refractivity contribution is 5.92. The van der Waals surface area contributed by atoms with E-state index in [1.165, 1.54) is 6.20 Å². The maximum absolute atomic E-state index is 10.4. The summed E-state index contributed by atoms with van der Waals surface area (Å²) in [5.74, 6) is 4.40. The average Bonchev–Trinajstić information content (AvgIpc) is 1.84. The van der Waals surface area contributed by atoms with Crippen molar-refractivity contribution < 1.29 is 4.79 Å². The second-order valence-electron chi connectivity index (χ2n) is 1.32. The van der Waals surface area contributed by atoms with Crippen LogP contribution in [0.2, 0.25) is 0 Å². The van der Waals surface area contributed by atoms with E-state index in [-0.39, 0.29) is 5.91 Å². The molecule has 0 aliphatic carbocycles. The van der Waals surface area contributed by atoms with Crippen LogP contribution < -0.4 is 17.0 Å². The summed E-state index contributed by atoms with van der Waals surface area (Å²) in [6.45, 7) is 1.57. The lowest BCUT2D eigenvalue weighted by Gasteiger charge is -1.94. The zero-order chi connectivity index (χ0) is 6.57. The molecule has 0 aromatic rings. The van der Waals surface area contributed by atoms with E-state index in [9.17, 15) is 4.79 Å². The number of rotatable bonds is 1. The molecule has 0 aromatic heterocycles. The largest absolute Gasteiger partial charge is 0.404 e. The molecule has 0 fully saturated rings. The molecule has 8 heavy (non-hydrogen) atoms. The molecular formula is C4H9N3O. The minimum atomic E-state index is -0.354. The third-order valence-corrected chi connectivity index (χ3v) is 0.739. The summed E-state index contributed by atoms with van der Waals surface area (Å²) in [5.41, 5.74) is 7.31. The van der Waals surface area contributed by atoms with Crippen molar-refractivity contribution in [2.45, 2.75) is 6.92 Å². The van der Waals surface area contributed by atoms with Crippen LogP contribution >= 0.6 is 0 Å². The first kappa shape index (κ1) is 6.97. The summed E-state index contributed by atoms with van der Waals surface area (Å²) >= 11 is 0. The maximum Gasteiger partial charge on any atom is 0.262 e. The standard InChI is InChI=1S/C4H9N3O/c1-3(2-5)4(8)7-6/h2H,5-6H2,1H3,(H,7,8)/b3-2+. The predicted octanol–water partition coefficient (Wildman–Crippen LogP) is -1.16. The van der Waals surface area contributed by atoms with Crippen LogP contribution in [-0.4, -0.2) is 5.91 Å². The van der Waals surface area contributed by atoms with Crippen LogP contribution in [0.4, 0.5) is 0 Å². The van der Waals surface area contributed by atoms with Crippen LogP contribution in [0.1, 0.15) is 6.92 Å². The molecule has 0 atom stereocenters. The average molecular weight is 115 g/mol. The highest BCUT2D eigenvalue weighted by atomic mass is 16.2. The molecule has 0 rings (SSSR count). The quantitative estimate of drug-likeness (QED) is 0.174. The van der Waals surface area contributed by atoms with Crippen molar-refractivity contribution in [1.82, 2.24) is 5.43 Å².